The van der Waals surface area contributed by atoms with Gasteiger partial charge in [-0.05, 0) is 62.1 Å². The third-order valence-corrected chi connectivity index (χ3v) is 6.72. The number of benzene rings is 2. The second-order valence-electron chi connectivity index (χ2n) is 7.81. The Hall–Kier alpha value is -2.51. The molecule has 1 N–H and O–H groups in total. The van der Waals surface area contributed by atoms with E-state index in [2.05, 4.69) is 10.2 Å². The number of hydrogen-bond donors (Lipinski definition) is 1. The molecule has 1 atom stereocenters. The van der Waals surface area contributed by atoms with Crippen molar-refractivity contribution >= 4 is 35.0 Å². The molecule has 0 aliphatic carbocycles. The van der Waals surface area contributed by atoms with Crippen LogP contribution in [0.5, 0.6) is 0 Å². The van der Waals surface area contributed by atoms with Gasteiger partial charge < -0.3 is 19.7 Å². The highest BCUT2D eigenvalue weighted by Gasteiger charge is 2.19. The van der Waals surface area contributed by atoms with Gasteiger partial charge in [-0.15, -0.1) is 11.8 Å². The van der Waals surface area contributed by atoms with Crippen LogP contribution in [0.25, 0.3) is 0 Å². The van der Waals surface area contributed by atoms with Gasteiger partial charge in [-0.3, -0.25) is 4.79 Å². The molecule has 1 unspecified atom stereocenters. The Labute approximate surface area is 187 Å². The van der Waals surface area contributed by atoms with Gasteiger partial charge in [0.15, 0.2) is 6.61 Å². The third-order valence-electron chi connectivity index (χ3n) is 5.51. The van der Waals surface area contributed by atoms with Gasteiger partial charge in [-0.2, -0.15) is 0 Å². The standard InChI is InChI=1S/C24H28N2O4S/c27-23(25-18-9-11-19(12-10-18)26-13-3-4-14-26)16-30-24(28)21-7-1-2-8-22(21)31-17-20-6-5-15-29-20/h1-2,7-12,20H,3-6,13-17H2,(H,25,27). The Morgan fingerprint density at radius 3 is 2.58 bits per heavy atom. The van der Waals surface area contributed by atoms with Crippen molar-refractivity contribution in [2.75, 3.05) is 42.3 Å². The molecule has 0 radical (unpaired) electrons. The fourth-order valence-electron chi connectivity index (χ4n) is 3.86. The maximum Gasteiger partial charge on any atom is 0.339 e. The highest BCUT2D eigenvalue weighted by Crippen LogP contribution is 2.27. The molecule has 0 aromatic heterocycles. The molecule has 7 heteroatoms. The lowest BCUT2D eigenvalue weighted by Gasteiger charge is -2.17. The highest BCUT2D eigenvalue weighted by molar-refractivity contribution is 7.99. The van der Waals surface area contributed by atoms with Crippen molar-refractivity contribution in [2.24, 2.45) is 0 Å². The minimum Gasteiger partial charge on any atom is -0.452 e. The first kappa shape index (κ1) is 21.7. The monoisotopic (exact) mass is 440 g/mol. The zero-order chi connectivity index (χ0) is 21.5. The maximum absolute atomic E-state index is 12.6. The van der Waals surface area contributed by atoms with Gasteiger partial charge in [0, 0.05) is 41.7 Å². The average Bonchev–Trinajstić information content (AvgIpc) is 3.51. The Morgan fingerprint density at radius 2 is 1.84 bits per heavy atom. The molecule has 164 valence electrons. The van der Waals surface area contributed by atoms with E-state index in [1.165, 1.54) is 18.5 Å². The fraction of sp³-hybridized carbons (Fsp3) is 0.417. The second kappa shape index (κ2) is 10.7. The molecule has 0 spiro atoms. The van der Waals surface area contributed by atoms with E-state index in [-0.39, 0.29) is 18.6 Å². The summed E-state index contributed by atoms with van der Waals surface area (Å²) in [4.78, 5) is 28.0. The van der Waals surface area contributed by atoms with Crippen molar-refractivity contribution in [3.8, 4) is 0 Å². The second-order valence-corrected chi connectivity index (χ2v) is 8.87. The molecule has 2 aliphatic heterocycles. The lowest BCUT2D eigenvalue weighted by atomic mass is 10.2. The van der Waals surface area contributed by atoms with Gasteiger partial charge in [0.1, 0.15) is 0 Å². The van der Waals surface area contributed by atoms with Gasteiger partial charge in [0.05, 0.1) is 11.7 Å². The number of carbonyl (C=O) groups is 2. The van der Waals surface area contributed by atoms with E-state index < -0.39 is 5.97 Å². The van der Waals surface area contributed by atoms with E-state index in [1.54, 1.807) is 23.9 Å². The van der Waals surface area contributed by atoms with Crippen molar-refractivity contribution in [3.63, 3.8) is 0 Å². The predicted octanol–water partition coefficient (Wildman–Crippen LogP) is 4.35. The summed E-state index contributed by atoms with van der Waals surface area (Å²) >= 11 is 1.59. The molecule has 2 saturated heterocycles. The molecule has 2 fully saturated rings. The summed E-state index contributed by atoms with van der Waals surface area (Å²) in [6, 6.07) is 15.1. The SMILES string of the molecule is O=C(COC(=O)c1ccccc1SCC1CCCO1)Nc1ccc(N2CCCC2)cc1. The van der Waals surface area contributed by atoms with Crippen LogP contribution in [-0.4, -0.2) is 50.0 Å². The number of nitrogens with one attached hydrogen (secondary N) is 1. The number of carbonyl (C=O) groups excluding carboxylic acids is 2. The summed E-state index contributed by atoms with van der Waals surface area (Å²) in [5.74, 6) is -0.0418. The van der Waals surface area contributed by atoms with Crippen molar-refractivity contribution < 1.29 is 19.1 Å². The minimum atomic E-state index is -0.491. The molecule has 1 amide bonds. The smallest absolute Gasteiger partial charge is 0.339 e. The molecule has 4 rings (SSSR count). The average molecular weight is 441 g/mol. The minimum absolute atomic E-state index is 0.233. The van der Waals surface area contributed by atoms with E-state index in [0.29, 0.717) is 11.3 Å². The van der Waals surface area contributed by atoms with Crippen molar-refractivity contribution in [3.05, 3.63) is 54.1 Å². The van der Waals surface area contributed by atoms with Gasteiger partial charge in [0.25, 0.3) is 5.91 Å². The van der Waals surface area contributed by atoms with Gasteiger partial charge in [-0.25, -0.2) is 4.79 Å². The molecule has 2 aliphatic rings. The van der Waals surface area contributed by atoms with E-state index >= 15 is 0 Å². The van der Waals surface area contributed by atoms with Crippen LogP contribution in [-0.2, 0) is 14.3 Å². The predicted molar refractivity (Wildman–Crippen MR) is 123 cm³/mol. The normalized spacial score (nSPS) is 18.2. The Kier molecular flexibility index (Phi) is 7.48. The topological polar surface area (TPSA) is 67.9 Å². The van der Waals surface area contributed by atoms with Gasteiger partial charge in [-0.1, -0.05) is 12.1 Å². The molecule has 2 aromatic rings. The molecule has 2 aromatic carbocycles. The summed E-state index contributed by atoms with van der Waals surface area (Å²) in [6.07, 6.45) is 4.82. The van der Waals surface area contributed by atoms with E-state index in [4.69, 9.17) is 9.47 Å². The maximum atomic E-state index is 12.6. The number of thioether (sulfide) groups is 1. The van der Waals surface area contributed by atoms with Crippen molar-refractivity contribution in [2.45, 2.75) is 36.7 Å². The number of esters is 1. The highest BCUT2D eigenvalue weighted by atomic mass is 32.2. The molecular formula is C24H28N2O4S. The van der Waals surface area contributed by atoms with Crippen LogP contribution in [0.1, 0.15) is 36.0 Å². The molecule has 0 bridgehead atoms. The number of anilines is 2. The summed E-state index contributed by atoms with van der Waals surface area (Å²) < 4.78 is 10.9. The van der Waals surface area contributed by atoms with E-state index in [0.717, 1.165) is 43.2 Å². The van der Waals surface area contributed by atoms with Crippen LogP contribution in [0.4, 0.5) is 11.4 Å². The third kappa shape index (κ3) is 6.02. The van der Waals surface area contributed by atoms with Gasteiger partial charge >= 0.3 is 5.97 Å². The van der Waals surface area contributed by atoms with Crippen LogP contribution in [0.2, 0.25) is 0 Å². The summed E-state index contributed by atoms with van der Waals surface area (Å²) in [6.45, 7) is 2.65. The van der Waals surface area contributed by atoms with Crippen LogP contribution in [0.15, 0.2) is 53.4 Å². The van der Waals surface area contributed by atoms with Crippen LogP contribution >= 0.6 is 11.8 Å². The number of rotatable bonds is 8. The van der Waals surface area contributed by atoms with Gasteiger partial charge in [0.2, 0.25) is 0 Å². The number of ether oxygens (including phenoxy) is 2. The van der Waals surface area contributed by atoms with Crippen LogP contribution < -0.4 is 10.2 Å². The molecule has 2 heterocycles. The van der Waals surface area contributed by atoms with E-state index in [1.807, 2.05) is 36.4 Å². The zero-order valence-electron chi connectivity index (χ0n) is 17.5. The lowest BCUT2D eigenvalue weighted by Crippen LogP contribution is -2.21. The quantitative estimate of drug-likeness (QED) is 0.486. The first-order chi connectivity index (χ1) is 15.2. The Bertz CT molecular complexity index is 891. The zero-order valence-corrected chi connectivity index (χ0v) is 18.4. The Balaban J connectivity index is 1.26. The van der Waals surface area contributed by atoms with Crippen molar-refractivity contribution in [1.82, 2.24) is 0 Å². The summed E-state index contributed by atoms with van der Waals surface area (Å²) in [5, 5.41) is 2.79. The lowest BCUT2D eigenvalue weighted by molar-refractivity contribution is -0.119. The largest absolute Gasteiger partial charge is 0.452 e. The summed E-state index contributed by atoms with van der Waals surface area (Å²) in [5.41, 5.74) is 2.34. The fourth-order valence-corrected chi connectivity index (χ4v) is 4.97. The van der Waals surface area contributed by atoms with E-state index in [9.17, 15) is 9.59 Å². The first-order valence-corrected chi connectivity index (χ1v) is 11.8. The molecule has 31 heavy (non-hydrogen) atoms. The molecular weight excluding hydrogens is 412 g/mol. The van der Waals surface area contributed by atoms with Crippen LogP contribution in [0, 0.1) is 0 Å². The molecule has 6 nitrogen and oxygen atoms in total. The number of amides is 1. The number of hydrogen-bond acceptors (Lipinski definition) is 6. The molecule has 0 saturated carbocycles. The number of nitrogens with zero attached hydrogens (tertiary/aromatic N) is 1. The first-order valence-electron chi connectivity index (χ1n) is 10.8. The van der Waals surface area contributed by atoms with Crippen LogP contribution in [0.3, 0.4) is 0 Å². The summed E-state index contributed by atoms with van der Waals surface area (Å²) in [7, 11) is 0. The van der Waals surface area contributed by atoms with Crippen molar-refractivity contribution in [1.29, 1.82) is 0 Å². The Morgan fingerprint density at radius 1 is 1.06 bits per heavy atom.